The number of aryl methyl sites for hydroxylation is 1. The van der Waals surface area contributed by atoms with E-state index in [1.807, 2.05) is 67.6 Å². The first-order chi connectivity index (χ1) is 16.6. The molecule has 5 aromatic rings. The van der Waals surface area contributed by atoms with Crippen LogP contribution in [0.1, 0.15) is 33.5 Å². The minimum atomic E-state index is -0.299. The molecule has 3 N–H and O–H groups in total. The SMILES string of the molecule is COc1ccccc1N[C@@H](c1ccccn1)c1c(C)[nH]c2ccc(NC(=O)c3ccco3)cc12. The van der Waals surface area contributed by atoms with Crippen molar-refractivity contribution in [1.29, 1.82) is 0 Å². The van der Waals surface area contributed by atoms with Gasteiger partial charge >= 0.3 is 0 Å². The third-order valence-electron chi connectivity index (χ3n) is 5.72. The number of furan rings is 1. The molecule has 2 aromatic carbocycles. The first-order valence-electron chi connectivity index (χ1n) is 10.9. The summed E-state index contributed by atoms with van der Waals surface area (Å²) >= 11 is 0. The maximum Gasteiger partial charge on any atom is 0.291 e. The Morgan fingerprint density at radius 3 is 2.68 bits per heavy atom. The molecule has 0 radical (unpaired) electrons. The molecule has 170 valence electrons. The second-order valence-corrected chi connectivity index (χ2v) is 7.89. The number of ether oxygens (including phenoxy) is 1. The summed E-state index contributed by atoms with van der Waals surface area (Å²) in [6.07, 6.45) is 3.26. The number of carbonyl (C=O) groups is 1. The van der Waals surface area contributed by atoms with Crippen molar-refractivity contribution in [1.82, 2.24) is 9.97 Å². The fraction of sp³-hybridized carbons (Fsp3) is 0.111. The number of benzene rings is 2. The van der Waals surface area contributed by atoms with E-state index in [-0.39, 0.29) is 17.7 Å². The van der Waals surface area contributed by atoms with E-state index >= 15 is 0 Å². The summed E-state index contributed by atoms with van der Waals surface area (Å²) < 4.78 is 10.8. The van der Waals surface area contributed by atoms with Crippen LogP contribution < -0.4 is 15.4 Å². The highest BCUT2D eigenvalue weighted by Crippen LogP contribution is 2.37. The zero-order valence-electron chi connectivity index (χ0n) is 18.8. The lowest BCUT2D eigenvalue weighted by Crippen LogP contribution is -2.15. The number of anilines is 2. The molecule has 34 heavy (non-hydrogen) atoms. The predicted molar refractivity (Wildman–Crippen MR) is 132 cm³/mol. The number of nitrogens with one attached hydrogen (secondary N) is 3. The standard InChI is InChI=1S/C27H24N4O3/c1-17-25(19-16-18(12-13-20(19)29-17)30-27(32)24-11-7-15-34-24)26(22-9-5-6-14-28-22)31-21-8-3-4-10-23(21)33-2/h3-16,26,29,31H,1-2H3,(H,30,32)/t26-/m0/s1. The zero-order valence-corrected chi connectivity index (χ0v) is 18.8. The molecule has 1 atom stereocenters. The summed E-state index contributed by atoms with van der Waals surface area (Å²) in [6, 6.07) is 22.5. The van der Waals surface area contributed by atoms with Gasteiger partial charge in [-0.15, -0.1) is 0 Å². The minimum Gasteiger partial charge on any atom is -0.495 e. The van der Waals surface area contributed by atoms with Crippen LogP contribution in [-0.4, -0.2) is 23.0 Å². The van der Waals surface area contributed by atoms with Crippen molar-refractivity contribution in [2.45, 2.75) is 13.0 Å². The van der Waals surface area contributed by atoms with Gasteiger partial charge in [0, 0.05) is 34.0 Å². The first-order valence-corrected chi connectivity index (χ1v) is 10.9. The lowest BCUT2D eigenvalue weighted by Gasteiger charge is -2.22. The van der Waals surface area contributed by atoms with E-state index in [1.54, 1.807) is 25.4 Å². The summed E-state index contributed by atoms with van der Waals surface area (Å²) in [5.41, 5.74) is 5.40. The van der Waals surface area contributed by atoms with Crippen LogP contribution in [0.5, 0.6) is 5.75 Å². The van der Waals surface area contributed by atoms with E-state index in [0.29, 0.717) is 5.69 Å². The predicted octanol–water partition coefficient (Wildman–Crippen LogP) is 5.93. The Bertz CT molecular complexity index is 1430. The van der Waals surface area contributed by atoms with Gasteiger partial charge in [0.15, 0.2) is 5.76 Å². The van der Waals surface area contributed by atoms with Gasteiger partial charge in [0.2, 0.25) is 0 Å². The molecule has 0 saturated heterocycles. The molecule has 0 bridgehead atoms. The monoisotopic (exact) mass is 452 g/mol. The number of para-hydroxylation sites is 2. The highest BCUT2D eigenvalue weighted by atomic mass is 16.5. The lowest BCUT2D eigenvalue weighted by atomic mass is 9.98. The number of aromatic amines is 1. The minimum absolute atomic E-state index is 0.259. The Morgan fingerprint density at radius 1 is 1.06 bits per heavy atom. The number of hydrogen-bond donors (Lipinski definition) is 3. The normalized spacial score (nSPS) is 11.8. The van der Waals surface area contributed by atoms with Gasteiger partial charge in [-0.05, 0) is 61.5 Å². The molecule has 3 aromatic heterocycles. The van der Waals surface area contributed by atoms with Crippen molar-refractivity contribution in [2.75, 3.05) is 17.7 Å². The van der Waals surface area contributed by atoms with E-state index < -0.39 is 0 Å². The molecule has 0 saturated carbocycles. The smallest absolute Gasteiger partial charge is 0.291 e. The van der Waals surface area contributed by atoms with Gasteiger partial charge in [0.25, 0.3) is 5.91 Å². The molecule has 0 aliphatic rings. The molecule has 5 rings (SSSR count). The second-order valence-electron chi connectivity index (χ2n) is 7.89. The fourth-order valence-corrected chi connectivity index (χ4v) is 4.16. The average Bonchev–Trinajstić information content (AvgIpc) is 3.51. The van der Waals surface area contributed by atoms with Crippen molar-refractivity contribution < 1.29 is 13.9 Å². The highest BCUT2D eigenvalue weighted by molar-refractivity contribution is 6.03. The second kappa shape index (κ2) is 9.15. The molecule has 1 amide bonds. The molecule has 0 unspecified atom stereocenters. The quantitative estimate of drug-likeness (QED) is 0.285. The molecule has 0 aliphatic heterocycles. The fourth-order valence-electron chi connectivity index (χ4n) is 4.16. The third kappa shape index (κ3) is 4.11. The van der Waals surface area contributed by atoms with Crippen molar-refractivity contribution in [3.63, 3.8) is 0 Å². The molecule has 0 spiro atoms. The Hall–Kier alpha value is -4.52. The molecule has 0 fully saturated rings. The first kappa shape index (κ1) is 21.3. The van der Waals surface area contributed by atoms with Crippen LogP contribution in [0.3, 0.4) is 0 Å². The summed E-state index contributed by atoms with van der Waals surface area (Å²) in [5.74, 6) is 0.702. The summed E-state index contributed by atoms with van der Waals surface area (Å²) in [4.78, 5) is 20.6. The van der Waals surface area contributed by atoms with Crippen LogP contribution in [0.2, 0.25) is 0 Å². The van der Waals surface area contributed by atoms with Crippen LogP contribution in [0.25, 0.3) is 10.9 Å². The summed E-state index contributed by atoms with van der Waals surface area (Å²) in [5, 5.41) is 7.52. The average molecular weight is 453 g/mol. The number of rotatable bonds is 7. The number of fused-ring (bicyclic) bond motifs is 1. The maximum absolute atomic E-state index is 12.5. The number of aromatic nitrogens is 2. The van der Waals surface area contributed by atoms with E-state index in [9.17, 15) is 4.79 Å². The van der Waals surface area contributed by atoms with Crippen molar-refractivity contribution in [3.05, 3.63) is 108 Å². The zero-order chi connectivity index (χ0) is 23.5. The van der Waals surface area contributed by atoms with Gasteiger partial charge in [-0.25, -0.2) is 0 Å². The van der Waals surface area contributed by atoms with Gasteiger partial charge in [-0.2, -0.15) is 0 Å². The Labute approximate surface area is 196 Å². The number of carbonyl (C=O) groups excluding carboxylic acids is 1. The van der Waals surface area contributed by atoms with Gasteiger partial charge in [0.05, 0.1) is 30.8 Å². The van der Waals surface area contributed by atoms with Gasteiger partial charge < -0.3 is 24.8 Å². The third-order valence-corrected chi connectivity index (χ3v) is 5.72. The molecular formula is C27H24N4O3. The highest BCUT2D eigenvalue weighted by Gasteiger charge is 2.23. The van der Waals surface area contributed by atoms with E-state index in [4.69, 9.17) is 9.15 Å². The van der Waals surface area contributed by atoms with Crippen molar-refractivity contribution in [3.8, 4) is 5.75 Å². The number of pyridine rings is 1. The van der Waals surface area contributed by atoms with Crippen LogP contribution in [0.4, 0.5) is 11.4 Å². The maximum atomic E-state index is 12.5. The van der Waals surface area contributed by atoms with E-state index in [0.717, 1.165) is 39.3 Å². The van der Waals surface area contributed by atoms with Crippen LogP contribution in [0, 0.1) is 6.92 Å². The van der Waals surface area contributed by atoms with Gasteiger partial charge in [-0.3, -0.25) is 9.78 Å². The van der Waals surface area contributed by atoms with Crippen LogP contribution >= 0.6 is 0 Å². The topological polar surface area (TPSA) is 92.2 Å². The van der Waals surface area contributed by atoms with E-state index in [2.05, 4.69) is 20.6 Å². The summed E-state index contributed by atoms with van der Waals surface area (Å²) in [6.45, 7) is 2.04. The van der Waals surface area contributed by atoms with Crippen molar-refractivity contribution in [2.24, 2.45) is 0 Å². The largest absolute Gasteiger partial charge is 0.495 e. The number of amides is 1. The molecule has 3 heterocycles. The van der Waals surface area contributed by atoms with Gasteiger partial charge in [-0.1, -0.05) is 18.2 Å². The lowest BCUT2D eigenvalue weighted by molar-refractivity contribution is 0.0996. The summed E-state index contributed by atoms with van der Waals surface area (Å²) in [7, 11) is 1.65. The molecule has 7 heteroatoms. The van der Waals surface area contributed by atoms with Gasteiger partial charge in [0.1, 0.15) is 5.75 Å². The number of methoxy groups -OCH3 is 1. The number of hydrogen-bond acceptors (Lipinski definition) is 5. The van der Waals surface area contributed by atoms with Crippen LogP contribution in [0.15, 0.2) is 89.7 Å². The molecule has 7 nitrogen and oxygen atoms in total. The van der Waals surface area contributed by atoms with E-state index in [1.165, 1.54) is 6.26 Å². The molecule has 0 aliphatic carbocycles. The van der Waals surface area contributed by atoms with Crippen molar-refractivity contribution >= 4 is 28.2 Å². The Balaban J connectivity index is 1.59. The van der Waals surface area contributed by atoms with Crippen LogP contribution in [-0.2, 0) is 0 Å². The Kier molecular flexibility index (Phi) is 5.74. The number of H-pyrrole nitrogens is 1. The Morgan fingerprint density at radius 2 is 1.91 bits per heavy atom. The molecular weight excluding hydrogens is 428 g/mol. The number of nitrogens with zero attached hydrogens (tertiary/aromatic N) is 1.